The Morgan fingerprint density at radius 3 is 2.43 bits per heavy atom. The number of halogens is 3. The molecule has 2 atom stereocenters. The Labute approximate surface area is 131 Å². The number of nitrogens with one attached hydrogen (secondary N) is 1. The third kappa shape index (κ3) is 3.66. The summed E-state index contributed by atoms with van der Waals surface area (Å²) < 4.78 is 28.9. The van der Waals surface area contributed by atoms with Crippen molar-refractivity contribution < 1.29 is 8.78 Å². The molecule has 0 aliphatic rings. The van der Waals surface area contributed by atoms with E-state index in [0.29, 0.717) is 11.0 Å². The molecule has 0 saturated heterocycles. The van der Waals surface area contributed by atoms with Gasteiger partial charge < -0.3 is 5.32 Å². The van der Waals surface area contributed by atoms with E-state index in [9.17, 15) is 8.78 Å². The van der Waals surface area contributed by atoms with Crippen molar-refractivity contribution >= 4 is 15.9 Å². The molecule has 0 spiro atoms. The summed E-state index contributed by atoms with van der Waals surface area (Å²) in [5, 5.41) is 3.16. The van der Waals surface area contributed by atoms with Crippen LogP contribution in [0, 0.1) is 11.6 Å². The van der Waals surface area contributed by atoms with Crippen LogP contribution in [0.3, 0.4) is 0 Å². The van der Waals surface area contributed by atoms with Crippen LogP contribution in [0.25, 0.3) is 0 Å². The number of rotatable bonds is 5. The zero-order valence-corrected chi connectivity index (χ0v) is 13.5. The second-order valence-corrected chi connectivity index (χ2v) is 5.78. The quantitative estimate of drug-likeness (QED) is 0.850. The maximum absolute atomic E-state index is 14.2. The van der Waals surface area contributed by atoms with Crippen LogP contribution in [0.2, 0.25) is 0 Å². The van der Waals surface area contributed by atoms with Crippen LogP contribution in [-0.4, -0.2) is 11.5 Å². The minimum absolute atomic E-state index is 0.0539. The van der Waals surface area contributed by atoms with Crippen LogP contribution in [0.4, 0.5) is 8.78 Å². The molecule has 0 aliphatic carbocycles. The van der Waals surface area contributed by atoms with E-state index in [1.54, 1.807) is 6.20 Å². The molecular formula is C16H17BrF2N2. The Bertz CT molecular complexity index is 581. The van der Waals surface area contributed by atoms with Gasteiger partial charge >= 0.3 is 0 Å². The summed E-state index contributed by atoms with van der Waals surface area (Å²) in [5.41, 5.74) is 0.850. The lowest BCUT2D eigenvalue weighted by Crippen LogP contribution is -2.28. The van der Waals surface area contributed by atoms with Gasteiger partial charge in [-0.2, -0.15) is 0 Å². The second-order valence-electron chi connectivity index (χ2n) is 4.86. The number of benzene rings is 1. The van der Waals surface area contributed by atoms with Crippen LogP contribution in [0.1, 0.15) is 37.1 Å². The minimum atomic E-state index is -0.560. The van der Waals surface area contributed by atoms with E-state index in [1.165, 1.54) is 12.1 Å². The molecular weight excluding hydrogens is 338 g/mol. The SMILES string of the molecule is CCNC(c1c(F)cc(Br)cc1F)C(C)c1ccccn1. The first-order valence-electron chi connectivity index (χ1n) is 6.83. The number of hydrogen-bond acceptors (Lipinski definition) is 2. The van der Waals surface area contributed by atoms with E-state index in [2.05, 4.69) is 26.2 Å². The molecule has 1 N–H and O–H groups in total. The summed E-state index contributed by atoms with van der Waals surface area (Å²) >= 11 is 3.10. The monoisotopic (exact) mass is 354 g/mol. The fourth-order valence-corrected chi connectivity index (χ4v) is 2.82. The standard InChI is InChI=1S/C16H17BrF2N2/c1-3-20-16(10(2)14-6-4-5-7-21-14)15-12(18)8-11(17)9-13(15)19/h4-10,16,20H,3H2,1-2H3. The zero-order chi connectivity index (χ0) is 15.4. The van der Waals surface area contributed by atoms with Crippen LogP contribution in [0.15, 0.2) is 41.0 Å². The average Bonchev–Trinajstić information content (AvgIpc) is 2.45. The van der Waals surface area contributed by atoms with Gasteiger partial charge in [-0.3, -0.25) is 4.98 Å². The molecule has 0 saturated carbocycles. The molecule has 112 valence electrons. The Kier molecular flexibility index (Phi) is 5.42. The van der Waals surface area contributed by atoms with E-state index in [-0.39, 0.29) is 11.5 Å². The number of aromatic nitrogens is 1. The van der Waals surface area contributed by atoms with Crippen molar-refractivity contribution in [1.82, 2.24) is 10.3 Å². The Balaban J connectivity index is 2.44. The van der Waals surface area contributed by atoms with E-state index >= 15 is 0 Å². The maximum atomic E-state index is 14.2. The van der Waals surface area contributed by atoms with Gasteiger partial charge in [0.15, 0.2) is 0 Å². The van der Waals surface area contributed by atoms with Gasteiger partial charge in [-0.1, -0.05) is 35.8 Å². The van der Waals surface area contributed by atoms with Gasteiger partial charge in [0.1, 0.15) is 11.6 Å². The van der Waals surface area contributed by atoms with Gasteiger partial charge in [-0.15, -0.1) is 0 Å². The molecule has 0 aliphatic heterocycles. The Morgan fingerprint density at radius 1 is 1.24 bits per heavy atom. The third-order valence-corrected chi connectivity index (χ3v) is 3.89. The van der Waals surface area contributed by atoms with Crippen molar-refractivity contribution in [1.29, 1.82) is 0 Å². The Hall–Kier alpha value is -1.33. The van der Waals surface area contributed by atoms with Crippen molar-refractivity contribution in [2.75, 3.05) is 6.54 Å². The highest BCUT2D eigenvalue weighted by molar-refractivity contribution is 9.10. The van der Waals surface area contributed by atoms with E-state index in [1.807, 2.05) is 32.0 Å². The zero-order valence-electron chi connectivity index (χ0n) is 11.9. The number of pyridine rings is 1. The van der Waals surface area contributed by atoms with Gasteiger partial charge in [0.2, 0.25) is 0 Å². The topological polar surface area (TPSA) is 24.9 Å². The molecule has 2 unspecified atom stereocenters. The molecule has 5 heteroatoms. The van der Waals surface area contributed by atoms with Crippen molar-refractivity contribution in [3.8, 4) is 0 Å². The van der Waals surface area contributed by atoms with Gasteiger partial charge in [0.05, 0.1) is 0 Å². The maximum Gasteiger partial charge on any atom is 0.132 e. The van der Waals surface area contributed by atoms with Crippen molar-refractivity contribution in [2.45, 2.75) is 25.8 Å². The predicted molar refractivity (Wildman–Crippen MR) is 83.1 cm³/mol. The molecule has 21 heavy (non-hydrogen) atoms. The number of hydrogen-bond donors (Lipinski definition) is 1. The summed E-state index contributed by atoms with van der Waals surface area (Å²) in [4.78, 5) is 4.29. The minimum Gasteiger partial charge on any atom is -0.309 e. The predicted octanol–water partition coefficient (Wildman–Crippen LogP) is 4.58. The normalized spacial score (nSPS) is 14.0. The summed E-state index contributed by atoms with van der Waals surface area (Å²) in [7, 11) is 0. The van der Waals surface area contributed by atoms with Gasteiger partial charge in [0.25, 0.3) is 0 Å². The smallest absolute Gasteiger partial charge is 0.132 e. The molecule has 2 rings (SSSR count). The molecule has 2 aromatic rings. The lowest BCUT2D eigenvalue weighted by atomic mass is 9.90. The highest BCUT2D eigenvalue weighted by atomic mass is 79.9. The molecule has 0 radical (unpaired) electrons. The molecule has 2 nitrogen and oxygen atoms in total. The highest BCUT2D eigenvalue weighted by Gasteiger charge is 2.27. The van der Waals surface area contributed by atoms with Crippen LogP contribution >= 0.6 is 15.9 Å². The highest BCUT2D eigenvalue weighted by Crippen LogP contribution is 2.33. The van der Waals surface area contributed by atoms with Crippen LogP contribution in [-0.2, 0) is 0 Å². The fourth-order valence-electron chi connectivity index (χ4n) is 2.42. The van der Waals surface area contributed by atoms with Gasteiger partial charge in [0, 0.05) is 33.9 Å². The molecule has 0 amide bonds. The lowest BCUT2D eigenvalue weighted by molar-refractivity contribution is 0.425. The average molecular weight is 355 g/mol. The van der Waals surface area contributed by atoms with Crippen LogP contribution in [0.5, 0.6) is 0 Å². The van der Waals surface area contributed by atoms with E-state index in [0.717, 1.165) is 5.69 Å². The summed E-state index contributed by atoms with van der Waals surface area (Å²) in [5.74, 6) is -1.28. The van der Waals surface area contributed by atoms with Crippen molar-refractivity contribution in [3.63, 3.8) is 0 Å². The summed E-state index contributed by atoms with van der Waals surface area (Å²) in [6.07, 6.45) is 1.68. The van der Waals surface area contributed by atoms with Crippen molar-refractivity contribution in [3.05, 3.63) is 63.9 Å². The molecule has 1 heterocycles. The lowest BCUT2D eigenvalue weighted by Gasteiger charge is -2.26. The second kappa shape index (κ2) is 7.09. The summed E-state index contributed by atoms with van der Waals surface area (Å²) in [6.45, 7) is 4.43. The molecule has 1 aromatic heterocycles. The van der Waals surface area contributed by atoms with E-state index in [4.69, 9.17) is 0 Å². The fraction of sp³-hybridized carbons (Fsp3) is 0.312. The van der Waals surface area contributed by atoms with Gasteiger partial charge in [-0.25, -0.2) is 8.78 Å². The first-order chi connectivity index (χ1) is 10.0. The van der Waals surface area contributed by atoms with Gasteiger partial charge in [-0.05, 0) is 30.8 Å². The van der Waals surface area contributed by atoms with Crippen LogP contribution < -0.4 is 5.32 Å². The number of nitrogens with zero attached hydrogens (tertiary/aromatic N) is 1. The van der Waals surface area contributed by atoms with Crippen molar-refractivity contribution in [2.24, 2.45) is 0 Å². The van der Waals surface area contributed by atoms with E-state index < -0.39 is 17.7 Å². The molecule has 0 fully saturated rings. The first-order valence-corrected chi connectivity index (χ1v) is 7.62. The first kappa shape index (κ1) is 16.0. The number of likely N-dealkylation sites (N-methyl/N-ethyl adjacent to an activating group) is 1. The molecule has 1 aromatic carbocycles. The largest absolute Gasteiger partial charge is 0.309 e. The summed E-state index contributed by atoms with van der Waals surface area (Å²) in [6, 6.07) is 7.65. The Morgan fingerprint density at radius 2 is 1.90 bits per heavy atom. The molecule has 0 bridgehead atoms. The third-order valence-electron chi connectivity index (χ3n) is 3.43.